The molecular weight excluding hydrogens is 412 g/mol. The van der Waals surface area contributed by atoms with Crippen LogP contribution in [0, 0.1) is 6.92 Å². The number of carbonyl (C=O) groups is 2. The lowest BCUT2D eigenvalue weighted by Gasteiger charge is -2.11. The van der Waals surface area contributed by atoms with E-state index in [1.165, 1.54) is 11.3 Å². The Labute approximate surface area is 177 Å². The first-order valence-electron chi connectivity index (χ1n) is 8.90. The molecule has 29 heavy (non-hydrogen) atoms. The van der Waals surface area contributed by atoms with Crippen LogP contribution < -0.4 is 10.1 Å². The van der Waals surface area contributed by atoms with Gasteiger partial charge >= 0.3 is 5.97 Å². The average Bonchev–Trinajstić information content (AvgIpc) is 3.10. The van der Waals surface area contributed by atoms with E-state index < -0.39 is 18.5 Å². The lowest BCUT2D eigenvalue weighted by Crippen LogP contribution is -2.21. The Morgan fingerprint density at radius 1 is 1.14 bits per heavy atom. The van der Waals surface area contributed by atoms with Gasteiger partial charge in [0, 0.05) is 10.6 Å². The predicted octanol–water partition coefficient (Wildman–Crippen LogP) is 4.97. The molecule has 3 rings (SSSR count). The number of nitrogens with zero attached hydrogens (tertiary/aromatic N) is 1. The maximum absolute atomic E-state index is 12.4. The fourth-order valence-electron chi connectivity index (χ4n) is 2.54. The van der Waals surface area contributed by atoms with Crippen LogP contribution >= 0.6 is 22.9 Å². The molecule has 0 aliphatic heterocycles. The molecule has 0 aliphatic carbocycles. The highest BCUT2D eigenvalue weighted by molar-refractivity contribution is 7.17. The summed E-state index contributed by atoms with van der Waals surface area (Å²) in [5.41, 5.74) is 1.92. The Morgan fingerprint density at radius 2 is 1.86 bits per heavy atom. The van der Waals surface area contributed by atoms with E-state index in [-0.39, 0.29) is 0 Å². The highest BCUT2D eigenvalue weighted by Gasteiger charge is 2.19. The molecule has 1 aromatic heterocycles. The maximum Gasteiger partial charge on any atom is 0.350 e. The number of amides is 1. The monoisotopic (exact) mass is 430 g/mol. The molecule has 3 aromatic rings. The number of ether oxygens (including phenoxy) is 2. The van der Waals surface area contributed by atoms with Crippen LogP contribution in [0.15, 0.2) is 48.5 Å². The number of hydrogen-bond donors (Lipinski definition) is 1. The fourth-order valence-corrected chi connectivity index (χ4v) is 3.63. The fraction of sp³-hybridized carbons (Fsp3) is 0.190. The van der Waals surface area contributed by atoms with Crippen LogP contribution in [0.25, 0.3) is 10.6 Å². The van der Waals surface area contributed by atoms with Crippen molar-refractivity contribution in [1.29, 1.82) is 0 Å². The number of anilines is 1. The minimum absolute atomic E-state index is 0.359. The van der Waals surface area contributed by atoms with Gasteiger partial charge in [-0.25, -0.2) is 9.78 Å². The van der Waals surface area contributed by atoms with Crippen LogP contribution in [0.5, 0.6) is 5.75 Å². The standard InChI is InChI=1S/C21H19ClN2O4S/c1-3-27-17-7-5-4-6-16(17)24-18(25)12-28-21(26)19-13(2)23-20(29-19)14-8-10-15(22)11-9-14/h4-11H,3,12H2,1-2H3,(H,24,25). The summed E-state index contributed by atoms with van der Waals surface area (Å²) in [5.74, 6) is -0.486. The van der Waals surface area contributed by atoms with E-state index in [1.807, 2.05) is 25.1 Å². The normalized spacial score (nSPS) is 10.4. The maximum atomic E-state index is 12.4. The summed E-state index contributed by atoms with van der Waals surface area (Å²) in [5, 5.41) is 3.99. The van der Waals surface area contributed by atoms with Crippen LogP contribution in [0.4, 0.5) is 5.69 Å². The Bertz CT molecular complexity index is 1020. The first-order valence-corrected chi connectivity index (χ1v) is 10.1. The zero-order valence-corrected chi connectivity index (χ0v) is 17.5. The molecule has 0 unspecified atom stereocenters. The van der Waals surface area contributed by atoms with Crippen molar-refractivity contribution in [3.8, 4) is 16.3 Å². The van der Waals surface area contributed by atoms with E-state index in [9.17, 15) is 9.59 Å². The first-order chi connectivity index (χ1) is 14.0. The van der Waals surface area contributed by atoms with Crippen molar-refractivity contribution in [2.45, 2.75) is 13.8 Å². The van der Waals surface area contributed by atoms with Crippen molar-refractivity contribution in [2.24, 2.45) is 0 Å². The van der Waals surface area contributed by atoms with Gasteiger partial charge in [-0.15, -0.1) is 11.3 Å². The number of nitrogens with one attached hydrogen (secondary N) is 1. The Balaban J connectivity index is 1.62. The molecule has 1 heterocycles. The van der Waals surface area contributed by atoms with Gasteiger partial charge in [-0.3, -0.25) is 4.79 Å². The third kappa shape index (κ3) is 5.34. The van der Waals surface area contributed by atoms with Gasteiger partial charge in [-0.1, -0.05) is 35.9 Å². The van der Waals surface area contributed by atoms with Gasteiger partial charge in [0.25, 0.3) is 5.91 Å². The van der Waals surface area contributed by atoms with Gasteiger partial charge in [-0.2, -0.15) is 0 Å². The minimum atomic E-state index is -0.589. The Hall–Kier alpha value is -2.90. The van der Waals surface area contributed by atoms with Crippen molar-refractivity contribution in [3.05, 3.63) is 64.1 Å². The largest absolute Gasteiger partial charge is 0.492 e. The third-order valence-corrected chi connectivity index (χ3v) is 5.31. The zero-order valence-electron chi connectivity index (χ0n) is 15.9. The number of aryl methyl sites for hydroxylation is 1. The quantitative estimate of drug-likeness (QED) is 0.535. The van der Waals surface area contributed by atoms with Gasteiger partial charge in [0.05, 0.1) is 18.0 Å². The highest BCUT2D eigenvalue weighted by atomic mass is 35.5. The number of para-hydroxylation sites is 2. The number of aromatic nitrogens is 1. The number of carbonyl (C=O) groups excluding carboxylic acids is 2. The molecule has 1 N–H and O–H groups in total. The molecule has 0 aliphatic rings. The van der Waals surface area contributed by atoms with E-state index in [2.05, 4.69) is 10.3 Å². The SMILES string of the molecule is CCOc1ccccc1NC(=O)COC(=O)c1sc(-c2ccc(Cl)cc2)nc1C. The van der Waals surface area contributed by atoms with E-state index in [0.29, 0.717) is 38.6 Å². The van der Waals surface area contributed by atoms with Gasteiger partial charge < -0.3 is 14.8 Å². The summed E-state index contributed by atoms with van der Waals surface area (Å²) in [6.45, 7) is 3.65. The molecule has 0 fully saturated rings. The number of benzene rings is 2. The second kappa shape index (κ2) is 9.54. The second-order valence-electron chi connectivity index (χ2n) is 5.99. The van der Waals surface area contributed by atoms with Crippen molar-refractivity contribution in [1.82, 2.24) is 4.98 Å². The summed E-state index contributed by atoms with van der Waals surface area (Å²) in [4.78, 5) is 29.4. The molecule has 8 heteroatoms. The topological polar surface area (TPSA) is 77.5 Å². The van der Waals surface area contributed by atoms with Gasteiger partial charge in [0.15, 0.2) is 6.61 Å². The van der Waals surface area contributed by atoms with Crippen LogP contribution in [0.1, 0.15) is 22.3 Å². The van der Waals surface area contributed by atoms with Crippen LogP contribution in [-0.4, -0.2) is 30.1 Å². The van der Waals surface area contributed by atoms with Crippen LogP contribution in [0.3, 0.4) is 0 Å². The molecule has 0 saturated carbocycles. The molecule has 0 bridgehead atoms. The molecular formula is C21H19ClN2O4S. The van der Waals surface area contributed by atoms with Crippen LogP contribution in [-0.2, 0) is 9.53 Å². The molecule has 2 aromatic carbocycles. The smallest absolute Gasteiger partial charge is 0.350 e. The molecule has 0 saturated heterocycles. The van der Waals surface area contributed by atoms with Crippen molar-refractivity contribution in [3.63, 3.8) is 0 Å². The Morgan fingerprint density at radius 3 is 2.59 bits per heavy atom. The van der Waals surface area contributed by atoms with Crippen LogP contribution in [0.2, 0.25) is 5.02 Å². The van der Waals surface area contributed by atoms with E-state index in [0.717, 1.165) is 5.56 Å². The molecule has 150 valence electrons. The molecule has 0 radical (unpaired) electrons. The minimum Gasteiger partial charge on any atom is -0.492 e. The third-order valence-electron chi connectivity index (χ3n) is 3.87. The lowest BCUT2D eigenvalue weighted by molar-refractivity contribution is -0.119. The summed E-state index contributed by atoms with van der Waals surface area (Å²) in [6, 6.07) is 14.2. The van der Waals surface area contributed by atoms with E-state index in [1.54, 1.807) is 37.3 Å². The summed E-state index contributed by atoms with van der Waals surface area (Å²) < 4.78 is 10.6. The van der Waals surface area contributed by atoms with E-state index in [4.69, 9.17) is 21.1 Å². The van der Waals surface area contributed by atoms with E-state index >= 15 is 0 Å². The summed E-state index contributed by atoms with van der Waals surface area (Å²) in [6.07, 6.45) is 0. The van der Waals surface area contributed by atoms with Gasteiger partial charge in [0.2, 0.25) is 0 Å². The summed E-state index contributed by atoms with van der Waals surface area (Å²) in [7, 11) is 0. The number of esters is 1. The molecule has 1 amide bonds. The summed E-state index contributed by atoms with van der Waals surface area (Å²) >= 11 is 7.12. The zero-order chi connectivity index (χ0) is 20.8. The van der Waals surface area contributed by atoms with Gasteiger partial charge in [0.1, 0.15) is 15.6 Å². The lowest BCUT2D eigenvalue weighted by atomic mass is 10.2. The molecule has 0 spiro atoms. The van der Waals surface area contributed by atoms with Crippen molar-refractivity contribution >= 4 is 40.5 Å². The number of halogens is 1. The number of hydrogen-bond acceptors (Lipinski definition) is 6. The molecule has 0 atom stereocenters. The van der Waals surface area contributed by atoms with Crippen molar-refractivity contribution in [2.75, 3.05) is 18.5 Å². The number of rotatable bonds is 7. The van der Waals surface area contributed by atoms with Crippen molar-refractivity contribution < 1.29 is 19.1 Å². The first kappa shape index (κ1) is 20.8. The predicted molar refractivity (Wildman–Crippen MR) is 114 cm³/mol. The van der Waals surface area contributed by atoms with Gasteiger partial charge in [-0.05, 0) is 38.1 Å². The Kier molecular flexibility index (Phi) is 6.85. The molecule has 6 nitrogen and oxygen atoms in total. The highest BCUT2D eigenvalue weighted by Crippen LogP contribution is 2.29. The second-order valence-corrected chi connectivity index (χ2v) is 7.43. The number of thiazole rings is 1. The average molecular weight is 431 g/mol.